The highest BCUT2D eigenvalue weighted by atomic mass is 32.2. The molecule has 1 aromatic heterocycles. The van der Waals surface area contributed by atoms with Crippen LogP contribution < -0.4 is 9.62 Å². The molecule has 0 radical (unpaired) electrons. The number of nitrogens with zero attached hydrogens (tertiary/aromatic N) is 1. The normalized spacial score (nSPS) is 11.2. The van der Waals surface area contributed by atoms with Crippen molar-refractivity contribution in [2.45, 2.75) is 18.4 Å². The third kappa shape index (κ3) is 4.03. The smallest absolute Gasteiger partial charge is 0.264 e. The largest absolute Gasteiger partial charge is 0.467 e. The van der Waals surface area contributed by atoms with Gasteiger partial charge in [0.2, 0.25) is 0 Å². The van der Waals surface area contributed by atoms with Crippen LogP contribution in [0.4, 0.5) is 5.69 Å². The standard InChI is InChI=1S/C20H20N2O4S/c1-15-10-11-16(20(23)21-14-17-7-6-12-26-17)13-19(15)22(2)27(24,25)18-8-4-3-5-9-18/h3-13H,14H2,1-2H3,(H,21,23). The Kier molecular flexibility index (Phi) is 5.32. The summed E-state index contributed by atoms with van der Waals surface area (Å²) in [6.07, 6.45) is 1.54. The highest BCUT2D eigenvalue weighted by Gasteiger charge is 2.23. The van der Waals surface area contributed by atoms with E-state index in [1.54, 1.807) is 67.6 Å². The molecule has 2 aromatic carbocycles. The Morgan fingerprint density at radius 3 is 2.48 bits per heavy atom. The van der Waals surface area contributed by atoms with Crippen molar-refractivity contribution in [3.63, 3.8) is 0 Å². The van der Waals surface area contributed by atoms with Gasteiger partial charge in [-0.25, -0.2) is 8.42 Å². The van der Waals surface area contributed by atoms with Gasteiger partial charge in [-0.15, -0.1) is 0 Å². The van der Waals surface area contributed by atoms with Crippen molar-refractivity contribution in [2.75, 3.05) is 11.4 Å². The molecule has 0 atom stereocenters. The van der Waals surface area contributed by atoms with E-state index in [-0.39, 0.29) is 17.3 Å². The van der Waals surface area contributed by atoms with Crippen LogP contribution in [0.5, 0.6) is 0 Å². The molecule has 0 bridgehead atoms. The molecule has 3 aromatic rings. The van der Waals surface area contributed by atoms with E-state index in [1.165, 1.54) is 17.6 Å². The molecule has 1 amide bonds. The number of furan rings is 1. The number of aryl methyl sites for hydroxylation is 1. The monoisotopic (exact) mass is 384 g/mol. The third-order valence-corrected chi connectivity index (χ3v) is 6.00. The zero-order valence-electron chi connectivity index (χ0n) is 15.0. The lowest BCUT2D eigenvalue weighted by molar-refractivity contribution is 0.0948. The summed E-state index contributed by atoms with van der Waals surface area (Å²) in [5.41, 5.74) is 1.57. The molecule has 0 unspecified atom stereocenters. The van der Waals surface area contributed by atoms with Crippen molar-refractivity contribution in [1.29, 1.82) is 0 Å². The molecular weight excluding hydrogens is 364 g/mol. The summed E-state index contributed by atoms with van der Waals surface area (Å²) in [7, 11) is -2.24. The van der Waals surface area contributed by atoms with E-state index in [1.807, 2.05) is 0 Å². The highest BCUT2D eigenvalue weighted by molar-refractivity contribution is 7.92. The minimum atomic E-state index is -3.72. The molecule has 6 nitrogen and oxygen atoms in total. The van der Waals surface area contributed by atoms with Gasteiger partial charge in [0, 0.05) is 12.6 Å². The topological polar surface area (TPSA) is 79.6 Å². The van der Waals surface area contributed by atoms with Gasteiger partial charge >= 0.3 is 0 Å². The van der Waals surface area contributed by atoms with Crippen molar-refractivity contribution < 1.29 is 17.6 Å². The van der Waals surface area contributed by atoms with Gasteiger partial charge in [-0.2, -0.15) is 0 Å². The maximum Gasteiger partial charge on any atom is 0.264 e. The molecule has 0 spiro atoms. The Bertz CT molecular complexity index is 1030. The van der Waals surface area contributed by atoms with Crippen molar-refractivity contribution in [1.82, 2.24) is 5.32 Å². The molecule has 0 aliphatic rings. The summed E-state index contributed by atoms with van der Waals surface area (Å²) in [4.78, 5) is 12.6. The lowest BCUT2D eigenvalue weighted by Gasteiger charge is -2.22. The predicted molar refractivity (Wildman–Crippen MR) is 103 cm³/mol. The van der Waals surface area contributed by atoms with Gasteiger partial charge in [-0.05, 0) is 48.9 Å². The number of carbonyl (C=O) groups excluding carboxylic acids is 1. The maximum absolute atomic E-state index is 12.9. The predicted octanol–water partition coefficient (Wildman–Crippen LogP) is 3.34. The average Bonchev–Trinajstić information content (AvgIpc) is 3.20. The van der Waals surface area contributed by atoms with E-state index >= 15 is 0 Å². The molecule has 0 saturated heterocycles. The summed E-state index contributed by atoms with van der Waals surface area (Å²) in [5.74, 6) is 0.331. The van der Waals surface area contributed by atoms with Crippen LogP contribution in [0, 0.1) is 6.92 Å². The van der Waals surface area contributed by atoms with Gasteiger partial charge in [0.15, 0.2) is 0 Å². The molecule has 27 heavy (non-hydrogen) atoms. The van der Waals surface area contributed by atoms with E-state index in [4.69, 9.17) is 4.42 Å². The van der Waals surface area contributed by atoms with Gasteiger partial charge in [0.25, 0.3) is 15.9 Å². The maximum atomic E-state index is 12.9. The van der Waals surface area contributed by atoms with Crippen LogP contribution >= 0.6 is 0 Å². The Morgan fingerprint density at radius 2 is 1.81 bits per heavy atom. The second-order valence-corrected chi connectivity index (χ2v) is 8.02. The molecule has 0 aliphatic carbocycles. The fourth-order valence-corrected chi connectivity index (χ4v) is 3.93. The zero-order valence-corrected chi connectivity index (χ0v) is 15.9. The van der Waals surface area contributed by atoms with Crippen LogP contribution in [0.3, 0.4) is 0 Å². The first-order chi connectivity index (χ1) is 12.9. The quantitative estimate of drug-likeness (QED) is 0.707. The summed E-state index contributed by atoms with van der Waals surface area (Å²) in [5, 5.41) is 2.76. The average molecular weight is 384 g/mol. The minimum Gasteiger partial charge on any atom is -0.467 e. The van der Waals surface area contributed by atoms with Gasteiger partial charge in [-0.3, -0.25) is 9.10 Å². The van der Waals surface area contributed by atoms with Crippen molar-refractivity contribution in [3.8, 4) is 0 Å². The molecule has 1 heterocycles. The van der Waals surface area contributed by atoms with Crippen LogP contribution in [0.1, 0.15) is 21.7 Å². The first-order valence-corrected chi connectivity index (χ1v) is 9.79. The summed E-state index contributed by atoms with van der Waals surface area (Å²) in [6.45, 7) is 2.06. The van der Waals surface area contributed by atoms with E-state index in [0.717, 1.165) is 5.56 Å². The zero-order chi connectivity index (χ0) is 19.4. The number of hydrogen-bond donors (Lipinski definition) is 1. The number of sulfonamides is 1. The fraction of sp³-hybridized carbons (Fsp3) is 0.150. The van der Waals surface area contributed by atoms with E-state index < -0.39 is 10.0 Å². The Morgan fingerprint density at radius 1 is 1.07 bits per heavy atom. The number of hydrogen-bond acceptors (Lipinski definition) is 4. The summed E-state index contributed by atoms with van der Waals surface area (Å²) < 4.78 is 32.1. The first-order valence-electron chi connectivity index (χ1n) is 8.35. The van der Waals surface area contributed by atoms with Gasteiger partial charge in [0.1, 0.15) is 5.76 Å². The first kappa shape index (κ1) is 18.7. The van der Waals surface area contributed by atoms with Crippen LogP contribution in [0.25, 0.3) is 0 Å². The lowest BCUT2D eigenvalue weighted by atomic mass is 10.1. The van der Waals surface area contributed by atoms with Crippen LogP contribution in [0.2, 0.25) is 0 Å². The molecule has 0 aliphatic heterocycles. The molecule has 7 heteroatoms. The second-order valence-electron chi connectivity index (χ2n) is 6.05. The van der Waals surface area contributed by atoms with Gasteiger partial charge in [0.05, 0.1) is 23.4 Å². The van der Waals surface area contributed by atoms with Crippen LogP contribution in [-0.2, 0) is 16.6 Å². The summed E-state index contributed by atoms with van der Waals surface area (Å²) in [6, 6.07) is 16.7. The van der Waals surface area contributed by atoms with Crippen molar-refractivity contribution in [2.24, 2.45) is 0 Å². The summed E-state index contributed by atoms with van der Waals surface area (Å²) >= 11 is 0. The molecule has 1 N–H and O–H groups in total. The van der Waals surface area contributed by atoms with Gasteiger partial charge < -0.3 is 9.73 Å². The van der Waals surface area contributed by atoms with Crippen LogP contribution in [0.15, 0.2) is 76.2 Å². The number of carbonyl (C=O) groups is 1. The number of benzene rings is 2. The minimum absolute atomic E-state index is 0.194. The fourth-order valence-electron chi connectivity index (χ4n) is 2.65. The van der Waals surface area contributed by atoms with Crippen molar-refractivity contribution in [3.05, 3.63) is 83.8 Å². The number of amides is 1. The lowest BCUT2D eigenvalue weighted by Crippen LogP contribution is -2.28. The Balaban J connectivity index is 1.85. The second kappa shape index (κ2) is 7.67. The molecule has 140 valence electrons. The number of nitrogens with one attached hydrogen (secondary N) is 1. The SMILES string of the molecule is Cc1ccc(C(=O)NCc2ccco2)cc1N(C)S(=O)(=O)c1ccccc1. The van der Waals surface area contributed by atoms with E-state index in [9.17, 15) is 13.2 Å². The van der Waals surface area contributed by atoms with Gasteiger partial charge in [-0.1, -0.05) is 24.3 Å². The highest BCUT2D eigenvalue weighted by Crippen LogP contribution is 2.26. The van der Waals surface area contributed by atoms with E-state index in [0.29, 0.717) is 17.0 Å². The molecule has 3 rings (SSSR count). The third-order valence-electron chi connectivity index (χ3n) is 4.22. The van der Waals surface area contributed by atoms with E-state index in [2.05, 4.69) is 5.32 Å². The Hall–Kier alpha value is -3.06. The molecule has 0 saturated carbocycles. The van der Waals surface area contributed by atoms with Crippen molar-refractivity contribution >= 4 is 21.6 Å². The molecule has 0 fully saturated rings. The number of anilines is 1. The molecular formula is C20H20N2O4S. The van der Waals surface area contributed by atoms with Crippen LogP contribution in [-0.4, -0.2) is 21.4 Å². The number of rotatable bonds is 6. The Labute approximate surface area is 158 Å².